The van der Waals surface area contributed by atoms with Crippen LogP contribution in [0.25, 0.3) is 0 Å². The Hall–Kier alpha value is -1.53. The Kier molecular flexibility index (Phi) is 6.54. The molecule has 20 heavy (non-hydrogen) atoms. The van der Waals surface area contributed by atoms with E-state index in [0.29, 0.717) is 12.6 Å². The number of para-hydroxylation sites is 1. The van der Waals surface area contributed by atoms with Crippen LogP contribution >= 0.6 is 0 Å². The molecule has 3 nitrogen and oxygen atoms in total. The van der Waals surface area contributed by atoms with Gasteiger partial charge in [-0.3, -0.25) is 0 Å². The Morgan fingerprint density at radius 3 is 2.65 bits per heavy atom. The molecule has 1 aromatic rings. The van der Waals surface area contributed by atoms with Crippen molar-refractivity contribution in [3.05, 3.63) is 29.8 Å². The first kappa shape index (κ1) is 16.5. The van der Waals surface area contributed by atoms with E-state index in [1.807, 2.05) is 32.0 Å². The first-order valence-corrected chi connectivity index (χ1v) is 7.30. The fourth-order valence-corrected chi connectivity index (χ4v) is 1.86. The fraction of sp³-hybridized carbons (Fsp3) is 0.588. The predicted molar refractivity (Wildman–Crippen MR) is 82.5 cm³/mol. The van der Waals surface area contributed by atoms with Gasteiger partial charge in [-0.05, 0) is 32.8 Å². The second kappa shape index (κ2) is 7.91. The van der Waals surface area contributed by atoms with Crippen molar-refractivity contribution >= 4 is 0 Å². The third-order valence-electron chi connectivity index (χ3n) is 3.18. The Labute approximate surface area is 123 Å². The summed E-state index contributed by atoms with van der Waals surface area (Å²) in [7, 11) is 0. The van der Waals surface area contributed by atoms with Gasteiger partial charge in [-0.2, -0.15) is 5.26 Å². The van der Waals surface area contributed by atoms with Crippen molar-refractivity contribution in [1.29, 1.82) is 5.26 Å². The Morgan fingerprint density at radius 2 is 2.00 bits per heavy atom. The van der Waals surface area contributed by atoms with Crippen LogP contribution in [0, 0.1) is 16.7 Å². The summed E-state index contributed by atoms with van der Waals surface area (Å²) >= 11 is 0. The molecule has 0 saturated heterocycles. The molecule has 0 bridgehead atoms. The van der Waals surface area contributed by atoms with Crippen molar-refractivity contribution in [1.82, 2.24) is 5.32 Å². The van der Waals surface area contributed by atoms with E-state index in [-0.39, 0.29) is 5.41 Å². The van der Waals surface area contributed by atoms with E-state index in [4.69, 9.17) is 10.00 Å². The van der Waals surface area contributed by atoms with Gasteiger partial charge >= 0.3 is 0 Å². The van der Waals surface area contributed by atoms with Gasteiger partial charge in [0, 0.05) is 18.2 Å². The first-order valence-electron chi connectivity index (χ1n) is 7.30. The average molecular weight is 274 g/mol. The van der Waals surface area contributed by atoms with E-state index in [0.717, 1.165) is 25.1 Å². The number of nitrogens with one attached hydrogen (secondary N) is 1. The van der Waals surface area contributed by atoms with Crippen LogP contribution in [0.4, 0.5) is 0 Å². The Balaban J connectivity index is 2.46. The van der Waals surface area contributed by atoms with Gasteiger partial charge in [-0.15, -0.1) is 0 Å². The number of hydrogen-bond donors (Lipinski definition) is 1. The van der Waals surface area contributed by atoms with E-state index in [2.05, 4.69) is 31.3 Å². The maximum absolute atomic E-state index is 8.98. The summed E-state index contributed by atoms with van der Waals surface area (Å²) in [5.74, 6) is 0.940. The number of hydrogen-bond acceptors (Lipinski definition) is 3. The molecule has 1 rings (SSSR count). The zero-order valence-corrected chi connectivity index (χ0v) is 13.1. The van der Waals surface area contributed by atoms with Crippen molar-refractivity contribution in [3.63, 3.8) is 0 Å². The third kappa shape index (κ3) is 6.08. The highest BCUT2D eigenvalue weighted by Gasteiger charge is 2.15. The molecule has 0 fully saturated rings. The molecular weight excluding hydrogens is 248 g/mol. The zero-order valence-electron chi connectivity index (χ0n) is 13.1. The maximum Gasteiger partial charge on any atom is 0.123 e. The van der Waals surface area contributed by atoms with E-state index in [9.17, 15) is 0 Å². The fourth-order valence-electron chi connectivity index (χ4n) is 1.86. The molecule has 1 N–H and O–H groups in total. The smallest absolute Gasteiger partial charge is 0.123 e. The van der Waals surface area contributed by atoms with Gasteiger partial charge in [0.25, 0.3) is 0 Å². The number of ether oxygens (including phenoxy) is 1. The molecule has 0 heterocycles. The van der Waals surface area contributed by atoms with Crippen LogP contribution < -0.4 is 10.1 Å². The lowest BCUT2D eigenvalue weighted by molar-refractivity contribution is 0.281. The van der Waals surface area contributed by atoms with Gasteiger partial charge in [0.15, 0.2) is 0 Å². The van der Waals surface area contributed by atoms with Crippen molar-refractivity contribution in [2.75, 3.05) is 6.61 Å². The summed E-state index contributed by atoms with van der Waals surface area (Å²) in [4.78, 5) is 0. The monoisotopic (exact) mass is 274 g/mol. The van der Waals surface area contributed by atoms with Gasteiger partial charge in [-0.1, -0.05) is 32.0 Å². The van der Waals surface area contributed by atoms with Crippen LogP contribution in [-0.2, 0) is 6.54 Å². The molecule has 0 amide bonds. The van der Waals surface area contributed by atoms with Crippen LogP contribution in [0.2, 0.25) is 0 Å². The molecule has 0 aliphatic rings. The highest BCUT2D eigenvalue weighted by Crippen LogP contribution is 2.22. The third-order valence-corrected chi connectivity index (χ3v) is 3.18. The highest BCUT2D eigenvalue weighted by atomic mass is 16.5. The molecule has 0 aliphatic heterocycles. The standard InChI is InChI=1S/C17H26N2O/c1-14(2)19-12-15-8-5-6-9-16(15)20-11-7-10-17(3,4)13-18/h5-6,8-9,14,19H,7,10-12H2,1-4H3. The molecule has 0 aromatic heterocycles. The van der Waals surface area contributed by atoms with E-state index < -0.39 is 0 Å². The Morgan fingerprint density at radius 1 is 1.30 bits per heavy atom. The topological polar surface area (TPSA) is 45.0 Å². The van der Waals surface area contributed by atoms with E-state index in [1.54, 1.807) is 0 Å². The van der Waals surface area contributed by atoms with Gasteiger partial charge in [-0.25, -0.2) is 0 Å². The molecule has 0 spiro atoms. The van der Waals surface area contributed by atoms with Crippen LogP contribution in [0.15, 0.2) is 24.3 Å². The number of benzene rings is 1. The van der Waals surface area contributed by atoms with Gasteiger partial charge in [0.1, 0.15) is 5.75 Å². The molecule has 0 unspecified atom stereocenters. The second-order valence-corrected chi connectivity index (χ2v) is 6.09. The molecule has 0 aliphatic carbocycles. The van der Waals surface area contributed by atoms with Crippen LogP contribution in [0.3, 0.4) is 0 Å². The number of nitrogens with zero attached hydrogens (tertiary/aromatic N) is 1. The van der Waals surface area contributed by atoms with Gasteiger partial charge in [0.2, 0.25) is 0 Å². The first-order chi connectivity index (χ1) is 9.44. The van der Waals surface area contributed by atoms with Crippen LogP contribution in [0.1, 0.15) is 46.1 Å². The lowest BCUT2D eigenvalue weighted by atomic mass is 9.90. The normalized spacial score (nSPS) is 11.4. The highest BCUT2D eigenvalue weighted by molar-refractivity contribution is 5.33. The minimum atomic E-state index is -0.262. The van der Waals surface area contributed by atoms with Crippen molar-refractivity contribution in [2.45, 2.75) is 53.1 Å². The number of nitriles is 1. The van der Waals surface area contributed by atoms with Gasteiger partial charge in [0.05, 0.1) is 18.1 Å². The maximum atomic E-state index is 8.98. The lowest BCUT2D eigenvalue weighted by Crippen LogP contribution is -2.22. The molecular formula is C17H26N2O. The summed E-state index contributed by atoms with van der Waals surface area (Å²) < 4.78 is 5.86. The minimum absolute atomic E-state index is 0.262. The summed E-state index contributed by atoms with van der Waals surface area (Å²) in [5, 5.41) is 12.4. The molecule has 1 aromatic carbocycles. The van der Waals surface area contributed by atoms with Crippen molar-refractivity contribution in [2.24, 2.45) is 5.41 Å². The predicted octanol–water partition coefficient (Wildman–Crippen LogP) is 3.89. The van der Waals surface area contributed by atoms with Gasteiger partial charge < -0.3 is 10.1 Å². The second-order valence-electron chi connectivity index (χ2n) is 6.09. The molecule has 110 valence electrons. The lowest BCUT2D eigenvalue weighted by Gasteiger charge is -2.16. The van der Waals surface area contributed by atoms with E-state index in [1.165, 1.54) is 5.56 Å². The average Bonchev–Trinajstić information content (AvgIpc) is 2.42. The summed E-state index contributed by atoms with van der Waals surface area (Å²) in [6.45, 7) is 9.67. The quantitative estimate of drug-likeness (QED) is 0.731. The SMILES string of the molecule is CC(C)NCc1ccccc1OCCCC(C)(C)C#N. The summed E-state index contributed by atoms with van der Waals surface area (Å²) in [6, 6.07) is 10.9. The zero-order chi connectivity index (χ0) is 15.0. The molecule has 0 radical (unpaired) electrons. The van der Waals surface area contributed by atoms with Crippen molar-refractivity contribution in [3.8, 4) is 11.8 Å². The van der Waals surface area contributed by atoms with Crippen LogP contribution in [-0.4, -0.2) is 12.6 Å². The summed E-state index contributed by atoms with van der Waals surface area (Å²) in [6.07, 6.45) is 1.75. The number of rotatable bonds is 8. The van der Waals surface area contributed by atoms with Crippen LogP contribution in [0.5, 0.6) is 5.75 Å². The molecule has 0 atom stereocenters. The minimum Gasteiger partial charge on any atom is -0.493 e. The van der Waals surface area contributed by atoms with E-state index >= 15 is 0 Å². The largest absolute Gasteiger partial charge is 0.493 e. The molecule has 3 heteroatoms. The Bertz CT molecular complexity index is 447. The van der Waals surface area contributed by atoms with Crippen molar-refractivity contribution < 1.29 is 4.74 Å². The summed E-state index contributed by atoms with van der Waals surface area (Å²) in [5.41, 5.74) is 0.919. The molecule has 0 saturated carbocycles.